The van der Waals surface area contributed by atoms with Gasteiger partial charge in [0.25, 0.3) is 0 Å². The zero-order valence-electron chi connectivity index (χ0n) is 11.3. The average Bonchev–Trinajstić information content (AvgIpc) is 2.42. The van der Waals surface area contributed by atoms with Gasteiger partial charge in [0, 0.05) is 11.8 Å². The van der Waals surface area contributed by atoms with E-state index >= 15 is 0 Å². The van der Waals surface area contributed by atoms with Crippen molar-refractivity contribution in [1.29, 1.82) is 0 Å². The summed E-state index contributed by atoms with van der Waals surface area (Å²) in [5, 5.41) is 8.98. The van der Waals surface area contributed by atoms with Crippen molar-refractivity contribution in [1.82, 2.24) is 0 Å². The molecule has 2 aromatic carbocycles. The van der Waals surface area contributed by atoms with Crippen LogP contribution in [0.4, 0.5) is 5.69 Å². The second kappa shape index (κ2) is 5.76. The number of nitrogens with two attached hydrogens (primary N) is 1. The number of aliphatic hydroxyl groups is 1. The van der Waals surface area contributed by atoms with E-state index in [2.05, 4.69) is 0 Å². The summed E-state index contributed by atoms with van der Waals surface area (Å²) in [7, 11) is 0. The number of aliphatic hydroxyl groups excluding tert-OH is 1. The first-order chi connectivity index (χ1) is 9.10. The maximum absolute atomic E-state index is 8.98. The summed E-state index contributed by atoms with van der Waals surface area (Å²) < 4.78 is 5.79. The molecule has 0 aliphatic heterocycles. The first-order valence-corrected chi connectivity index (χ1v) is 6.28. The number of rotatable bonds is 4. The van der Waals surface area contributed by atoms with Gasteiger partial charge >= 0.3 is 0 Å². The van der Waals surface area contributed by atoms with E-state index in [1.54, 1.807) is 0 Å². The summed E-state index contributed by atoms with van der Waals surface area (Å²) >= 11 is 0. The maximum atomic E-state index is 8.98. The lowest BCUT2D eigenvalue weighted by Gasteiger charge is -2.12. The molecule has 0 bridgehead atoms. The molecular formula is C16H19NO2. The van der Waals surface area contributed by atoms with Gasteiger partial charge in [-0.1, -0.05) is 30.3 Å². The van der Waals surface area contributed by atoms with E-state index in [-0.39, 0.29) is 6.61 Å². The molecule has 0 spiro atoms. The summed E-state index contributed by atoms with van der Waals surface area (Å²) in [6, 6.07) is 11.6. The minimum Gasteiger partial charge on any atom is -0.489 e. The first kappa shape index (κ1) is 13.4. The van der Waals surface area contributed by atoms with Gasteiger partial charge in [0.15, 0.2) is 0 Å². The third-order valence-corrected chi connectivity index (χ3v) is 3.16. The van der Waals surface area contributed by atoms with E-state index in [1.807, 2.05) is 50.2 Å². The van der Waals surface area contributed by atoms with Crippen LogP contribution in [0.2, 0.25) is 0 Å². The zero-order chi connectivity index (χ0) is 13.8. The lowest BCUT2D eigenvalue weighted by Crippen LogP contribution is -1.99. The molecule has 0 heterocycles. The minimum absolute atomic E-state index is 0.0642. The number of aryl methyl sites for hydroxylation is 2. The van der Waals surface area contributed by atoms with Gasteiger partial charge in [-0.15, -0.1) is 0 Å². The van der Waals surface area contributed by atoms with Crippen LogP contribution < -0.4 is 10.5 Å². The molecule has 0 saturated heterocycles. The Morgan fingerprint density at radius 1 is 1.00 bits per heavy atom. The van der Waals surface area contributed by atoms with Crippen LogP contribution in [0.1, 0.15) is 22.3 Å². The highest BCUT2D eigenvalue weighted by atomic mass is 16.5. The van der Waals surface area contributed by atoms with Crippen molar-refractivity contribution in [2.24, 2.45) is 0 Å². The second-order valence-electron chi connectivity index (χ2n) is 4.74. The summed E-state index contributed by atoms with van der Waals surface area (Å²) in [4.78, 5) is 0. The van der Waals surface area contributed by atoms with Crippen LogP contribution >= 0.6 is 0 Å². The van der Waals surface area contributed by atoms with Gasteiger partial charge in [-0.05, 0) is 36.1 Å². The van der Waals surface area contributed by atoms with Crippen LogP contribution in [0.3, 0.4) is 0 Å². The van der Waals surface area contributed by atoms with Crippen molar-refractivity contribution in [3.63, 3.8) is 0 Å². The van der Waals surface area contributed by atoms with E-state index in [0.29, 0.717) is 6.61 Å². The van der Waals surface area contributed by atoms with Gasteiger partial charge in [-0.3, -0.25) is 0 Å². The standard InChI is InChI=1S/C16H19NO2/c1-11-7-12(2)16(8-15(11)17)19-10-14-5-3-13(9-18)4-6-14/h3-8,18H,9-10,17H2,1-2H3. The van der Waals surface area contributed by atoms with Crippen LogP contribution in [-0.2, 0) is 13.2 Å². The minimum atomic E-state index is 0.0642. The Hall–Kier alpha value is -2.00. The Kier molecular flexibility index (Phi) is 4.07. The molecule has 2 rings (SSSR count). The van der Waals surface area contributed by atoms with Crippen LogP contribution in [0, 0.1) is 13.8 Å². The predicted octanol–water partition coefficient (Wildman–Crippen LogP) is 2.96. The van der Waals surface area contributed by atoms with E-state index in [1.165, 1.54) is 0 Å². The van der Waals surface area contributed by atoms with Crippen molar-refractivity contribution in [3.05, 3.63) is 58.7 Å². The summed E-state index contributed by atoms with van der Waals surface area (Å²) in [6.45, 7) is 4.56. The van der Waals surface area contributed by atoms with Crippen molar-refractivity contribution < 1.29 is 9.84 Å². The van der Waals surface area contributed by atoms with E-state index in [0.717, 1.165) is 33.7 Å². The SMILES string of the molecule is Cc1cc(C)c(OCc2ccc(CO)cc2)cc1N. The lowest BCUT2D eigenvalue weighted by atomic mass is 10.1. The summed E-state index contributed by atoms with van der Waals surface area (Å²) in [6.07, 6.45) is 0. The molecule has 2 aromatic rings. The highest BCUT2D eigenvalue weighted by Crippen LogP contribution is 2.25. The van der Waals surface area contributed by atoms with Crippen molar-refractivity contribution in [2.75, 3.05) is 5.73 Å². The van der Waals surface area contributed by atoms with Gasteiger partial charge in [0.05, 0.1) is 6.61 Å². The molecule has 0 saturated carbocycles. The number of benzene rings is 2. The fourth-order valence-corrected chi connectivity index (χ4v) is 1.91. The topological polar surface area (TPSA) is 55.5 Å². The van der Waals surface area contributed by atoms with Gasteiger partial charge in [0.2, 0.25) is 0 Å². The third-order valence-electron chi connectivity index (χ3n) is 3.16. The Labute approximate surface area is 113 Å². The largest absolute Gasteiger partial charge is 0.489 e. The van der Waals surface area contributed by atoms with Gasteiger partial charge in [-0.25, -0.2) is 0 Å². The van der Waals surface area contributed by atoms with Gasteiger partial charge in [-0.2, -0.15) is 0 Å². The molecule has 0 unspecified atom stereocenters. The Balaban J connectivity index is 2.07. The number of hydrogen-bond acceptors (Lipinski definition) is 3. The van der Waals surface area contributed by atoms with Crippen molar-refractivity contribution >= 4 is 5.69 Å². The number of anilines is 1. The number of nitrogen functional groups attached to an aromatic ring is 1. The highest BCUT2D eigenvalue weighted by Gasteiger charge is 2.04. The molecule has 0 atom stereocenters. The van der Waals surface area contributed by atoms with Crippen molar-refractivity contribution in [2.45, 2.75) is 27.1 Å². The van der Waals surface area contributed by atoms with E-state index in [9.17, 15) is 0 Å². The fraction of sp³-hybridized carbons (Fsp3) is 0.250. The summed E-state index contributed by atoms with van der Waals surface area (Å²) in [5.41, 5.74) is 10.8. The molecule has 0 aliphatic rings. The van der Waals surface area contributed by atoms with Crippen LogP contribution in [0.5, 0.6) is 5.75 Å². The van der Waals surface area contributed by atoms with Gasteiger partial charge in [0.1, 0.15) is 12.4 Å². The molecule has 0 aliphatic carbocycles. The maximum Gasteiger partial charge on any atom is 0.124 e. The normalized spacial score (nSPS) is 10.5. The number of ether oxygens (including phenoxy) is 1. The van der Waals surface area contributed by atoms with E-state index in [4.69, 9.17) is 15.6 Å². The fourth-order valence-electron chi connectivity index (χ4n) is 1.91. The van der Waals surface area contributed by atoms with E-state index < -0.39 is 0 Å². The lowest BCUT2D eigenvalue weighted by molar-refractivity contribution is 0.281. The smallest absolute Gasteiger partial charge is 0.124 e. The second-order valence-corrected chi connectivity index (χ2v) is 4.74. The molecule has 3 N–H and O–H groups in total. The average molecular weight is 257 g/mol. The molecule has 0 amide bonds. The van der Waals surface area contributed by atoms with Crippen LogP contribution in [0.25, 0.3) is 0 Å². The number of hydrogen-bond donors (Lipinski definition) is 2. The zero-order valence-corrected chi connectivity index (χ0v) is 11.3. The molecule has 19 heavy (non-hydrogen) atoms. The molecular weight excluding hydrogens is 238 g/mol. The molecule has 0 radical (unpaired) electrons. The summed E-state index contributed by atoms with van der Waals surface area (Å²) in [5.74, 6) is 0.814. The molecule has 100 valence electrons. The Bertz CT molecular complexity index is 562. The third kappa shape index (κ3) is 3.26. The highest BCUT2D eigenvalue weighted by molar-refractivity contribution is 5.54. The van der Waals surface area contributed by atoms with Crippen LogP contribution in [-0.4, -0.2) is 5.11 Å². The Morgan fingerprint density at radius 2 is 1.63 bits per heavy atom. The molecule has 0 fully saturated rings. The molecule has 3 nitrogen and oxygen atoms in total. The van der Waals surface area contributed by atoms with Crippen LogP contribution in [0.15, 0.2) is 36.4 Å². The van der Waals surface area contributed by atoms with Crippen molar-refractivity contribution in [3.8, 4) is 5.75 Å². The molecule has 0 aromatic heterocycles. The Morgan fingerprint density at radius 3 is 2.26 bits per heavy atom. The predicted molar refractivity (Wildman–Crippen MR) is 77.0 cm³/mol. The quantitative estimate of drug-likeness (QED) is 0.828. The first-order valence-electron chi connectivity index (χ1n) is 6.28. The van der Waals surface area contributed by atoms with Gasteiger partial charge < -0.3 is 15.6 Å². The monoisotopic (exact) mass is 257 g/mol. The molecule has 3 heteroatoms.